The van der Waals surface area contributed by atoms with Gasteiger partial charge in [-0.25, -0.2) is 0 Å². The van der Waals surface area contributed by atoms with Crippen LogP contribution < -0.4 is 0 Å². The Hall–Kier alpha value is -0.690. The Labute approximate surface area is 118 Å². The first-order valence-corrected chi connectivity index (χ1v) is 8.17. The van der Waals surface area contributed by atoms with Crippen LogP contribution in [-0.2, 0) is 0 Å². The molecule has 0 heterocycles. The zero-order valence-electron chi connectivity index (χ0n) is 12.2. The zero-order valence-corrected chi connectivity index (χ0v) is 13.1. The maximum absolute atomic E-state index is 3.69. The average molecular weight is 264 g/mol. The Morgan fingerprint density at radius 1 is 1.11 bits per heavy atom. The molecule has 0 spiro atoms. The van der Waals surface area contributed by atoms with Crippen LogP contribution in [0.4, 0.5) is 0 Å². The normalized spacial score (nSPS) is 9.50. The molecule has 102 valence electrons. The highest BCUT2D eigenvalue weighted by molar-refractivity contribution is 7.99. The fraction of sp³-hybridized carbons (Fsp3) is 0.529. The van der Waals surface area contributed by atoms with E-state index in [0.29, 0.717) is 0 Å². The largest absolute Gasteiger partial charge is 0.162 e. The Balaban J connectivity index is 0.000000321. The predicted octanol–water partition coefficient (Wildman–Crippen LogP) is 5.96. The third-order valence-corrected chi connectivity index (χ3v) is 3.74. The highest BCUT2D eigenvalue weighted by Gasteiger charge is 1.87. The van der Waals surface area contributed by atoms with Crippen molar-refractivity contribution in [2.45, 2.75) is 46.5 Å². The second-order valence-electron chi connectivity index (χ2n) is 4.32. The van der Waals surface area contributed by atoms with Crippen LogP contribution in [0, 0.1) is 6.92 Å². The van der Waals surface area contributed by atoms with Crippen LogP contribution in [-0.4, -0.2) is 11.5 Å². The van der Waals surface area contributed by atoms with Crippen molar-refractivity contribution in [2.75, 3.05) is 11.5 Å². The van der Waals surface area contributed by atoms with E-state index in [2.05, 4.69) is 51.2 Å². The van der Waals surface area contributed by atoms with E-state index >= 15 is 0 Å². The van der Waals surface area contributed by atoms with Crippen molar-refractivity contribution >= 4 is 17.8 Å². The Kier molecular flexibility index (Phi) is 12.3. The molecule has 0 saturated heterocycles. The number of thioether (sulfide) groups is 1. The van der Waals surface area contributed by atoms with Crippen LogP contribution in [0.5, 0.6) is 0 Å². The van der Waals surface area contributed by atoms with Crippen LogP contribution in [0.2, 0.25) is 0 Å². The minimum Gasteiger partial charge on any atom is -0.162 e. The van der Waals surface area contributed by atoms with Crippen molar-refractivity contribution in [2.24, 2.45) is 0 Å². The second kappa shape index (κ2) is 12.8. The molecule has 0 nitrogen and oxygen atoms in total. The summed E-state index contributed by atoms with van der Waals surface area (Å²) in [6.45, 7) is 10.3. The molecule has 0 aliphatic carbocycles. The molecule has 0 saturated carbocycles. The monoisotopic (exact) mass is 264 g/mol. The first-order chi connectivity index (χ1) is 8.76. The third-order valence-electron chi connectivity index (χ3n) is 2.75. The number of hydrogen-bond donors (Lipinski definition) is 0. The summed E-state index contributed by atoms with van der Waals surface area (Å²) in [5.41, 5.74) is 2.50. The summed E-state index contributed by atoms with van der Waals surface area (Å²) in [4.78, 5) is 0. The smallest absolute Gasteiger partial charge is 0.00676 e. The van der Waals surface area contributed by atoms with Gasteiger partial charge in [0.05, 0.1) is 0 Å². The van der Waals surface area contributed by atoms with Gasteiger partial charge in [0.1, 0.15) is 0 Å². The quantitative estimate of drug-likeness (QED) is 0.548. The van der Waals surface area contributed by atoms with Crippen molar-refractivity contribution in [1.82, 2.24) is 0 Å². The molecule has 0 aliphatic rings. The Morgan fingerprint density at radius 2 is 1.83 bits per heavy atom. The molecule has 1 rings (SSSR count). The van der Waals surface area contributed by atoms with E-state index in [1.165, 1.54) is 48.3 Å². The van der Waals surface area contributed by atoms with Gasteiger partial charge in [-0.3, -0.25) is 0 Å². The van der Waals surface area contributed by atoms with Gasteiger partial charge in [-0.1, -0.05) is 70.0 Å². The van der Waals surface area contributed by atoms with Gasteiger partial charge >= 0.3 is 0 Å². The lowest BCUT2D eigenvalue weighted by atomic mass is 10.1. The summed E-state index contributed by atoms with van der Waals surface area (Å²) in [6, 6.07) is 8.19. The molecule has 1 heteroatoms. The molecular formula is C17H28S. The lowest BCUT2D eigenvalue weighted by molar-refractivity contribution is 0.706. The number of hydrogen-bond acceptors (Lipinski definition) is 1. The maximum Gasteiger partial charge on any atom is -0.00676 e. The van der Waals surface area contributed by atoms with Gasteiger partial charge in [0, 0.05) is 0 Å². The van der Waals surface area contributed by atoms with Gasteiger partial charge in [-0.15, -0.1) is 0 Å². The molecule has 1 aromatic carbocycles. The molecule has 0 aliphatic heterocycles. The molecule has 0 amide bonds. The summed E-state index contributed by atoms with van der Waals surface area (Å²) >= 11 is 2.06. The lowest BCUT2D eigenvalue weighted by Crippen LogP contribution is -1.80. The average Bonchev–Trinajstić information content (AvgIpc) is 2.40. The van der Waals surface area contributed by atoms with E-state index < -0.39 is 0 Å². The van der Waals surface area contributed by atoms with Crippen LogP contribution >= 0.6 is 11.8 Å². The van der Waals surface area contributed by atoms with E-state index in [-0.39, 0.29) is 0 Å². The van der Waals surface area contributed by atoms with Gasteiger partial charge in [0.25, 0.3) is 0 Å². The molecular weight excluding hydrogens is 236 g/mol. The van der Waals surface area contributed by atoms with E-state index in [1.54, 1.807) is 0 Å². The lowest BCUT2D eigenvalue weighted by Gasteiger charge is -1.96. The molecule has 0 aromatic heterocycles. The number of rotatable bonds is 7. The van der Waals surface area contributed by atoms with Crippen molar-refractivity contribution in [3.63, 3.8) is 0 Å². The number of benzene rings is 1. The van der Waals surface area contributed by atoms with Crippen LogP contribution in [0.3, 0.4) is 0 Å². The van der Waals surface area contributed by atoms with E-state index in [1.807, 2.05) is 18.2 Å². The summed E-state index contributed by atoms with van der Waals surface area (Å²) in [7, 11) is 0. The third kappa shape index (κ3) is 9.35. The van der Waals surface area contributed by atoms with Crippen LogP contribution in [0.25, 0.3) is 6.08 Å². The van der Waals surface area contributed by atoms with Crippen molar-refractivity contribution in [1.29, 1.82) is 0 Å². The molecule has 0 atom stereocenters. The van der Waals surface area contributed by atoms with Crippen LogP contribution in [0.1, 0.15) is 50.7 Å². The summed E-state index contributed by atoms with van der Waals surface area (Å²) < 4.78 is 0. The minimum absolute atomic E-state index is 1.22. The Bertz CT molecular complexity index is 298. The van der Waals surface area contributed by atoms with E-state index in [0.717, 1.165) is 0 Å². The summed E-state index contributed by atoms with van der Waals surface area (Å²) in [5.74, 6) is 2.66. The highest BCUT2D eigenvalue weighted by atomic mass is 32.2. The number of aryl methyl sites for hydroxylation is 1. The van der Waals surface area contributed by atoms with Gasteiger partial charge in [0.2, 0.25) is 0 Å². The van der Waals surface area contributed by atoms with Crippen molar-refractivity contribution < 1.29 is 0 Å². The fourth-order valence-electron chi connectivity index (χ4n) is 1.59. The number of unbranched alkanes of at least 4 members (excludes halogenated alkanes) is 3. The summed E-state index contributed by atoms with van der Waals surface area (Å²) in [5, 5.41) is 0. The standard InChI is InChI=1S/C9H10.C8H18S/c1-3-9-7-5-4-6-8(9)2;1-3-5-6-7-8-9-4-2/h3-7H,1H2,2H3;3-8H2,1-2H3. The molecule has 0 bridgehead atoms. The second-order valence-corrected chi connectivity index (χ2v) is 5.71. The van der Waals surface area contributed by atoms with Crippen molar-refractivity contribution in [3.05, 3.63) is 42.0 Å². The van der Waals surface area contributed by atoms with Crippen LogP contribution in [0.15, 0.2) is 30.8 Å². The SMILES string of the molecule is C=Cc1ccccc1C.CCCCCCSCC. The molecule has 0 fully saturated rings. The van der Waals surface area contributed by atoms with E-state index in [9.17, 15) is 0 Å². The minimum atomic E-state index is 1.22. The maximum atomic E-state index is 3.69. The Morgan fingerprint density at radius 3 is 2.33 bits per heavy atom. The molecule has 0 radical (unpaired) electrons. The topological polar surface area (TPSA) is 0 Å². The van der Waals surface area contributed by atoms with Crippen molar-refractivity contribution in [3.8, 4) is 0 Å². The van der Waals surface area contributed by atoms with E-state index in [4.69, 9.17) is 0 Å². The molecule has 18 heavy (non-hydrogen) atoms. The van der Waals surface area contributed by atoms with Gasteiger partial charge in [0.15, 0.2) is 0 Å². The van der Waals surface area contributed by atoms with Gasteiger partial charge in [-0.05, 0) is 36.0 Å². The van der Waals surface area contributed by atoms with Gasteiger partial charge < -0.3 is 0 Å². The highest BCUT2D eigenvalue weighted by Crippen LogP contribution is 2.07. The first kappa shape index (κ1) is 17.3. The molecule has 0 unspecified atom stereocenters. The summed E-state index contributed by atoms with van der Waals surface area (Å²) in [6.07, 6.45) is 7.51. The molecule has 0 N–H and O–H groups in total. The predicted molar refractivity (Wildman–Crippen MR) is 88.4 cm³/mol. The van der Waals surface area contributed by atoms with Gasteiger partial charge in [-0.2, -0.15) is 11.8 Å². The first-order valence-electron chi connectivity index (χ1n) is 7.02. The fourth-order valence-corrected chi connectivity index (χ4v) is 2.29. The zero-order chi connectivity index (χ0) is 13.6. The molecule has 1 aromatic rings.